The number of allylic oxidation sites excluding steroid dienone is 3. The third-order valence-corrected chi connectivity index (χ3v) is 5.01. The molecule has 0 amide bonds. The van der Waals surface area contributed by atoms with Crippen LogP contribution >= 0.6 is 0 Å². The molecule has 0 atom stereocenters. The molecule has 3 heterocycles. The number of fused-ring (bicyclic) bond motifs is 1. The van der Waals surface area contributed by atoms with Gasteiger partial charge in [-0.2, -0.15) is 5.10 Å². The molecular formula is C24H25N5O. The Morgan fingerprint density at radius 2 is 1.90 bits per heavy atom. The molecule has 3 aromatic heterocycles. The topological polar surface area (TPSA) is 57.8 Å². The van der Waals surface area contributed by atoms with E-state index in [1.54, 1.807) is 17.1 Å². The van der Waals surface area contributed by atoms with Crippen molar-refractivity contribution < 1.29 is 4.74 Å². The van der Waals surface area contributed by atoms with Crippen LogP contribution in [0.3, 0.4) is 0 Å². The summed E-state index contributed by atoms with van der Waals surface area (Å²) in [6.45, 7) is 4.67. The summed E-state index contributed by atoms with van der Waals surface area (Å²) in [6, 6.07) is 12.1. The van der Waals surface area contributed by atoms with Gasteiger partial charge in [-0.25, -0.2) is 4.68 Å². The minimum Gasteiger partial charge on any atom is -0.472 e. The molecule has 6 nitrogen and oxygen atoms in total. The third-order valence-electron chi connectivity index (χ3n) is 5.01. The monoisotopic (exact) mass is 399 g/mol. The highest BCUT2D eigenvalue weighted by atomic mass is 16.5. The number of nitrogens with zero attached hydrogens (tertiary/aromatic N) is 5. The highest BCUT2D eigenvalue weighted by Crippen LogP contribution is 2.28. The molecule has 0 aliphatic carbocycles. The number of ether oxygens (including phenoxy) is 1. The van der Waals surface area contributed by atoms with E-state index in [1.807, 2.05) is 48.4 Å². The Bertz CT molecular complexity index is 1200. The number of benzene rings is 1. The molecular weight excluding hydrogens is 374 g/mol. The molecule has 152 valence electrons. The molecule has 0 bridgehead atoms. The summed E-state index contributed by atoms with van der Waals surface area (Å²) in [7, 11) is 1.90. The smallest absolute Gasteiger partial charge is 0.241 e. The Morgan fingerprint density at radius 1 is 1.10 bits per heavy atom. The van der Waals surface area contributed by atoms with Crippen LogP contribution in [0.15, 0.2) is 78.9 Å². The summed E-state index contributed by atoms with van der Waals surface area (Å²) in [5.74, 6) is 0.627. The van der Waals surface area contributed by atoms with E-state index in [0.717, 1.165) is 34.1 Å². The Labute approximate surface area is 176 Å². The second-order valence-electron chi connectivity index (χ2n) is 7.15. The van der Waals surface area contributed by atoms with Gasteiger partial charge in [-0.3, -0.25) is 9.67 Å². The minimum absolute atomic E-state index is 0.481. The van der Waals surface area contributed by atoms with Crippen molar-refractivity contribution in [1.82, 2.24) is 24.5 Å². The summed E-state index contributed by atoms with van der Waals surface area (Å²) < 4.78 is 9.82. The number of rotatable bonds is 7. The minimum atomic E-state index is 0.481. The fourth-order valence-corrected chi connectivity index (χ4v) is 3.30. The van der Waals surface area contributed by atoms with Crippen molar-refractivity contribution in [2.45, 2.75) is 20.3 Å². The Morgan fingerprint density at radius 3 is 2.70 bits per heavy atom. The number of hydrogen-bond acceptors (Lipinski definition) is 4. The molecule has 0 saturated heterocycles. The number of para-hydroxylation sites is 1. The molecule has 6 heteroatoms. The van der Waals surface area contributed by atoms with E-state index in [4.69, 9.17) is 4.74 Å². The fraction of sp³-hybridized carbons (Fsp3) is 0.208. The first kappa shape index (κ1) is 19.6. The molecule has 30 heavy (non-hydrogen) atoms. The van der Waals surface area contributed by atoms with Gasteiger partial charge in [-0.15, -0.1) is 5.10 Å². The van der Waals surface area contributed by atoms with Crippen molar-refractivity contribution in [2.24, 2.45) is 7.05 Å². The van der Waals surface area contributed by atoms with Gasteiger partial charge in [0.05, 0.1) is 17.3 Å². The molecule has 0 aliphatic rings. The number of aryl methyl sites for hydroxylation is 1. The van der Waals surface area contributed by atoms with Gasteiger partial charge in [0.2, 0.25) is 5.88 Å². The van der Waals surface area contributed by atoms with E-state index in [0.29, 0.717) is 12.5 Å². The summed E-state index contributed by atoms with van der Waals surface area (Å²) in [6.07, 6.45) is 12.5. The second kappa shape index (κ2) is 8.78. The lowest BCUT2D eigenvalue weighted by atomic mass is 10.1. The van der Waals surface area contributed by atoms with Crippen molar-refractivity contribution in [3.63, 3.8) is 0 Å². The first-order valence-corrected chi connectivity index (χ1v) is 10.0. The van der Waals surface area contributed by atoms with Gasteiger partial charge in [0, 0.05) is 36.7 Å². The van der Waals surface area contributed by atoms with Crippen LogP contribution in [-0.2, 0) is 7.05 Å². The normalized spacial score (nSPS) is 12.5. The van der Waals surface area contributed by atoms with Crippen LogP contribution < -0.4 is 4.74 Å². The highest BCUT2D eigenvalue weighted by Gasteiger charge is 2.12. The lowest BCUT2D eigenvalue weighted by Crippen LogP contribution is -2.03. The maximum atomic E-state index is 6.09. The van der Waals surface area contributed by atoms with Gasteiger partial charge in [0.1, 0.15) is 6.61 Å². The Hall–Kier alpha value is -3.67. The molecule has 4 rings (SSSR count). The summed E-state index contributed by atoms with van der Waals surface area (Å²) >= 11 is 0. The largest absolute Gasteiger partial charge is 0.472 e. The summed E-state index contributed by atoms with van der Waals surface area (Å²) in [5, 5.41) is 10.1. The van der Waals surface area contributed by atoms with Crippen LogP contribution in [0.25, 0.3) is 27.7 Å². The zero-order valence-corrected chi connectivity index (χ0v) is 17.5. The van der Waals surface area contributed by atoms with Crippen LogP contribution in [0, 0.1) is 0 Å². The van der Waals surface area contributed by atoms with Gasteiger partial charge in [-0.05, 0) is 48.8 Å². The van der Waals surface area contributed by atoms with Crippen LogP contribution in [0.5, 0.6) is 5.88 Å². The molecule has 0 unspecified atom stereocenters. The van der Waals surface area contributed by atoms with E-state index in [1.165, 1.54) is 5.57 Å². The van der Waals surface area contributed by atoms with Crippen molar-refractivity contribution in [1.29, 1.82) is 0 Å². The summed E-state index contributed by atoms with van der Waals surface area (Å²) in [4.78, 5) is 4.08. The van der Waals surface area contributed by atoms with E-state index < -0.39 is 0 Å². The van der Waals surface area contributed by atoms with E-state index >= 15 is 0 Å². The maximum absolute atomic E-state index is 6.09. The van der Waals surface area contributed by atoms with Crippen molar-refractivity contribution in [2.75, 3.05) is 6.61 Å². The van der Waals surface area contributed by atoms with Gasteiger partial charge in [0.25, 0.3) is 0 Å². The predicted molar refractivity (Wildman–Crippen MR) is 120 cm³/mol. The average molecular weight is 399 g/mol. The van der Waals surface area contributed by atoms with E-state index in [-0.39, 0.29) is 0 Å². The number of hydrogen-bond donors (Lipinski definition) is 0. The molecule has 0 spiro atoms. The predicted octanol–water partition coefficient (Wildman–Crippen LogP) is 5.11. The van der Waals surface area contributed by atoms with E-state index in [9.17, 15) is 0 Å². The first-order valence-electron chi connectivity index (χ1n) is 10.0. The van der Waals surface area contributed by atoms with Crippen LogP contribution in [0.2, 0.25) is 0 Å². The lowest BCUT2D eigenvalue weighted by molar-refractivity contribution is 0.332. The molecule has 0 saturated carbocycles. The van der Waals surface area contributed by atoms with Gasteiger partial charge < -0.3 is 4.74 Å². The quantitative estimate of drug-likeness (QED) is 0.405. The average Bonchev–Trinajstić information content (AvgIpc) is 3.37. The van der Waals surface area contributed by atoms with Crippen molar-refractivity contribution >= 4 is 16.6 Å². The molecule has 0 aliphatic heterocycles. The second-order valence-corrected chi connectivity index (χ2v) is 7.15. The SMILES string of the molecule is CC/C(=C\C=C(/C)n1ncc2ccccc21)COc1nn(C)cc1-c1ccncc1. The van der Waals surface area contributed by atoms with Gasteiger partial charge >= 0.3 is 0 Å². The van der Waals surface area contributed by atoms with Gasteiger partial charge in [0.15, 0.2) is 0 Å². The Kier molecular flexibility index (Phi) is 5.75. The van der Waals surface area contributed by atoms with Crippen LogP contribution in [-0.4, -0.2) is 31.2 Å². The molecule has 0 radical (unpaired) electrons. The summed E-state index contributed by atoms with van der Waals surface area (Å²) in [5.41, 5.74) is 5.33. The molecule has 0 fully saturated rings. The van der Waals surface area contributed by atoms with Crippen LogP contribution in [0.4, 0.5) is 0 Å². The first-order chi connectivity index (χ1) is 14.7. The zero-order chi connectivity index (χ0) is 20.9. The van der Waals surface area contributed by atoms with Crippen molar-refractivity contribution in [3.8, 4) is 17.0 Å². The van der Waals surface area contributed by atoms with Crippen molar-refractivity contribution in [3.05, 3.63) is 78.9 Å². The number of aromatic nitrogens is 5. The van der Waals surface area contributed by atoms with Gasteiger partial charge in [-0.1, -0.05) is 31.2 Å². The zero-order valence-electron chi connectivity index (χ0n) is 17.5. The van der Waals surface area contributed by atoms with Crippen LogP contribution in [0.1, 0.15) is 20.3 Å². The molecule has 0 N–H and O–H groups in total. The third kappa shape index (κ3) is 4.17. The molecule has 4 aromatic rings. The molecule has 1 aromatic carbocycles. The standard InChI is InChI=1S/C24H25N5O/c1-4-19(10-9-18(2)29-23-8-6-5-7-21(23)15-26-29)17-30-24-22(16-28(3)27-24)20-11-13-25-14-12-20/h5-16H,4,17H2,1-3H3/b18-9+,19-10+. The maximum Gasteiger partial charge on any atom is 0.241 e. The highest BCUT2D eigenvalue weighted by molar-refractivity contribution is 5.81. The number of pyridine rings is 1. The fourth-order valence-electron chi connectivity index (χ4n) is 3.30. The van der Waals surface area contributed by atoms with E-state index in [2.05, 4.69) is 53.3 Å². The lowest BCUT2D eigenvalue weighted by Gasteiger charge is -2.08. The Balaban J connectivity index is 1.52.